The SMILES string of the molecule is CCO[C@H]1C2CC(C3C4CCC(C4)C32)C1(C)C. The summed E-state index contributed by atoms with van der Waals surface area (Å²) in [5.41, 5.74) is 0.451. The highest BCUT2D eigenvalue weighted by Gasteiger charge is 2.68. The summed E-state index contributed by atoms with van der Waals surface area (Å²) in [6, 6.07) is 0. The molecule has 0 spiro atoms. The van der Waals surface area contributed by atoms with E-state index in [1.807, 2.05) is 0 Å². The fourth-order valence-electron chi connectivity index (χ4n) is 6.63. The molecule has 0 aromatic carbocycles. The predicted octanol–water partition coefficient (Wildman–Crippen LogP) is 3.73. The summed E-state index contributed by atoms with van der Waals surface area (Å²) in [5.74, 6) is 6.22. The molecule has 17 heavy (non-hydrogen) atoms. The van der Waals surface area contributed by atoms with E-state index in [1.54, 1.807) is 12.8 Å². The molecule has 0 radical (unpaired) electrons. The lowest BCUT2D eigenvalue weighted by atomic mass is 9.61. The smallest absolute Gasteiger partial charge is 0.0659 e. The Labute approximate surface area is 105 Å². The number of fused-ring (bicyclic) bond motifs is 9. The molecule has 4 fully saturated rings. The first-order chi connectivity index (χ1) is 8.14. The monoisotopic (exact) mass is 234 g/mol. The Morgan fingerprint density at radius 3 is 2.47 bits per heavy atom. The number of hydrogen-bond donors (Lipinski definition) is 0. The van der Waals surface area contributed by atoms with Crippen molar-refractivity contribution in [2.45, 2.75) is 52.6 Å². The first-order valence-corrected chi connectivity index (χ1v) is 7.76. The van der Waals surface area contributed by atoms with Gasteiger partial charge < -0.3 is 4.74 Å². The number of hydrogen-bond acceptors (Lipinski definition) is 1. The van der Waals surface area contributed by atoms with Gasteiger partial charge in [-0.05, 0) is 73.5 Å². The van der Waals surface area contributed by atoms with Crippen LogP contribution in [0.3, 0.4) is 0 Å². The third kappa shape index (κ3) is 1.15. The Balaban J connectivity index is 1.69. The molecule has 4 rings (SSSR count). The van der Waals surface area contributed by atoms with E-state index in [0.29, 0.717) is 11.5 Å². The van der Waals surface area contributed by atoms with Crippen LogP contribution in [-0.2, 0) is 4.74 Å². The van der Waals surface area contributed by atoms with Gasteiger partial charge in [-0.2, -0.15) is 0 Å². The van der Waals surface area contributed by atoms with Gasteiger partial charge in [0.15, 0.2) is 0 Å². The maximum absolute atomic E-state index is 6.17. The molecule has 6 unspecified atom stereocenters. The van der Waals surface area contributed by atoms with Crippen LogP contribution in [0.2, 0.25) is 0 Å². The van der Waals surface area contributed by atoms with Crippen molar-refractivity contribution in [2.24, 2.45) is 40.9 Å². The van der Waals surface area contributed by atoms with Gasteiger partial charge in [-0.15, -0.1) is 0 Å². The van der Waals surface area contributed by atoms with Gasteiger partial charge in [-0.25, -0.2) is 0 Å². The van der Waals surface area contributed by atoms with Crippen LogP contribution < -0.4 is 0 Å². The predicted molar refractivity (Wildman–Crippen MR) is 68.6 cm³/mol. The molecule has 1 heteroatoms. The van der Waals surface area contributed by atoms with E-state index in [-0.39, 0.29) is 0 Å². The molecule has 4 aliphatic rings. The Morgan fingerprint density at radius 2 is 1.76 bits per heavy atom. The van der Waals surface area contributed by atoms with Gasteiger partial charge in [0.1, 0.15) is 0 Å². The standard InChI is InChI=1S/C16H26O/c1-4-17-15-11-8-12(16(15,2)3)14-10-6-5-9(7-10)13(11)14/h9-15H,4-8H2,1-3H3/t9?,10?,11?,12?,13?,14?,15-/m0/s1. The topological polar surface area (TPSA) is 9.23 Å². The highest BCUT2D eigenvalue weighted by Crippen LogP contribution is 2.72. The third-order valence-corrected chi connectivity index (χ3v) is 6.96. The fourth-order valence-corrected chi connectivity index (χ4v) is 6.63. The fraction of sp³-hybridized carbons (Fsp3) is 1.00. The average molecular weight is 234 g/mol. The normalized spacial score (nSPS) is 57.7. The van der Waals surface area contributed by atoms with Crippen molar-refractivity contribution in [3.05, 3.63) is 0 Å². The molecule has 4 saturated carbocycles. The quantitative estimate of drug-likeness (QED) is 0.662. The summed E-state index contributed by atoms with van der Waals surface area (Å²) in [5, 5.41) is 0. The summed E-state index contributed by atoms with van der Waals surface area (Å²) in [6.07, 6.45) is 6.70. The lowest BCUT2D eigenvalue weighted by molar-refractivity contribution is -0.0980. The van der Waals surface area contributed by atoms with Crippen LogP contribution in [-0.4, -0.2) is 12.7 Å². The van der Waals surface area contributed by atoms with E-state index in [2.05, 4.69) is 20.8 Å². The van der Waals surface area contributed by atoms with Crippen LogP contribution in [0.25, 0.3) is 0 Å². The summed E-state index contributed by atoms with van der Waals surface area (Å²) < 4.78 is 6.17. The largest absolute Gasteiger partial charge is 0.378 e. The van der Waals surface area contributed by atoms with Crippen molar-refractivity contribution in [1.29, 1.82) is 0 Å². The van der Waals surface area contributed by atoms with Gasteiger partial charge in [0, 0.05) is 6.61 Å². The molecule has 4 aliphatic carbocycles. The molecule has 0 N–H and O–H groups in total. The second kappa shape index (κ2) is 3.29. The minimum absolute atomic E-state index is 0.451. The van der Waals surface area contributed by atoms with Crippen molar-refractivity contribution in [3.8, 4) is 0 Å². The van der Waals surface area contributed by atoms with Gasteiger partial charge in [0.25, 0.3) is 0 Å². The lowest BCUT2D eigenvalue weighted by Crippen LogP contribution is -2.47. The van der Waals surface area contributed by atoms with Gasteiger partial charge in [0.2, 0.25) is 0 Å². The van der Waals surface area contributed by atoms with Crippen LogP contribution >= 0.6 is 0 Å². The van der Waals surface area contributed by atoms with Crippen LogP contribution in [0.4, 0.5) is 0 Å². The van der Waals surface area contributed by atoms with Gasteiger partial charge in [0.05, 0.1) is 6.10 Å². The zero-order valence-electron chi connectivity index (χ0n) is 11.5. The zero-order valence-corrected chi connectivity index (χ0v) is 11.5. The maximum Gasteiger partial charge on any atom is 0.0659 e. The summed E-state index contributed by atoms with van der Waals surface area (Å²) in [6.45, 7) is 8.05. The van der Waals surface area contributed by atoms with E-state index >= 15 is 0 Å². The molecule has 0 amide bonds. The second-order valence-electron chi connectivity index (χ2n) is 7.69. The van der Waals surface area contributed by atoms with E-state index in [1.165, 1.54) is 12.8 Å². The van der Waals surface area contributed by atoms with Crippen molar-refractivity contribution in [2.75, 3.05) is 6.61 Å². The first kappa shape index (κ1) is 10.8. The Bertz CT molecular complexity index is 332. The minimum atomic E-state index is 0.451. The molecule has 0 aromatic rings. The molecule has 0 aromatic heterocycles. The van der Waals surface area contributed by atoms with Crippen LogP contribution in [0, 0.1) is 40.9 Å². The van der Waals surface area contributed by atoms with Gasteiger partial charge >= 0.3 is 0 Å². The number of rotatable bonds is 2. The van der Waals surface area contributed by atoms with Crippen LogP contribution in [0.1, 0.15) is 46.5 Å². The van der Waals surface area contributed by atoms with Crippen LogP contribution in [0.15, 0.2) is 0 Å². The van der Waals surface area contributed by atoms with E-state index in [4.69, 9.17) is 4.74 Å². The molecule has 0 heterocycles. The maximum atomic E-state index is 6.17. The van der Waals surface area contributed by atoms with Crippen molar-refractivity contribution in [1.82, 2.24) is 0 Å². The Hall–Kier alpha value is -0.0400. The summed E-state index contributed by atoms with van der Waals surface area (Å²) >= 11 is 0. The molecule has 0 saturated heterocycles. The molecular weight excluding hydrogens is 208 g/mol. The van der Waals surface area contributed by atoms with Gasteiger partial charge in [-0.1, -0.05) is 13.8 Å². The third-order valence-electron chi connectivity index (χ3n) is 6.96. The van der Waals surface area contributed by atoms with Crippen molar-refractivity contribution < 1.29 is 4.74 Å². The van der Waals surface area contributed by atoms with Gasteiger partial charge in [-0.3, -0.25) is 0 Å². The minimum Gasteiger partial charge on any atom is -0.378 e. The molecule has 4 bridgehead atoms. The first-order valence-electron chi connectivity index (χ1n) is 7.76. The summed E-state index contributed by atoms with van der Waals surface area (Å²) in [4.78, 5) is 0. The highest BCUT2D eigenvalue weighted by molar-refractivity contribution is 5.16. The van der Waals surface area contributed by atoms with Crippen molar-refractivity contribution >= 4 is 0 Å². The molecule has 96 valence electrons. The van der Waals surface area contributed by atoms with E-state index in [9.17, 15) is 0 Å². The molecule has 0 aliphatic heterocycles. The Morgan fingerprint density at radius 1 is 1.06 bits per heavy atom. The number of ether oxygens (including phenoxy) is 1. The summed E-state index contributed by atoms with van der Waals surface area (Å²) in [7, 11) is 0. The Kier molecular flexibility index (Phi) is 2.10. The average Bonchev–Trinajstić information content (AvgIpc) is 2.98. The van der Waals surface area contributed by atoms with Crippen molar-refractivity contribution in [3.63, 3.8) is 0 Å². The zero-order chi connectivity index (χ0) is 11.8. The highest BCUT2D eigenvalue weighted by atomic mass is 16.5. The second-order valence-corrected chi connectivity index (χ2v) is 7.69. The van der Waals surface area contributed by atoms with Crippen LogP contribution in [0.5, 0.6) is 0 Å². The molecular formula is C16H26O. The lowest BCUT2D eigenvalue weighted by Gasteiger charge is -2.47. The molecule has 1 nitrogen and oxygen atoms in total. The van der Waals surface area contributed by atoms with E-state index in [0.717, 1.165) is 42.1 Å². The molecule has 7 atom stereocenters. The van der Waals surface area contributed by atoms with E-state index < -0.39 is 0 Å².